The van der Waals surface area contributed by atoms with Gasteiger partial charge in [-0.05, 0) is 12.5 Å². The summed E-state index contributed by atoms with van der Waals surface area (Å²) in [5.74, 6) is 1.10. The number of hydrogen-bond donors (Lipinski definition) is 2. The van der Waals surface area contributed by atoms with Crippen LogP contribution in [0.15, 0.2) is 12.1 Å². The van der Waals surface area contributed by atoms with E-state index in [1.165, 1.54) is 0 Å². The van der Waals surface area contributed by atoms with Crippen LogP contribution in [0.3, 0.4) is 0 Å². The highest BCUT2D eigenvalue weighted by molar-refractivity contribution is 5.51. The third-order valence-corrected chi connectivity index (χ3v) is 2.69. The Morgan fingerprint density at radius 2 is 2.36 bits per heavy atom. The molecule has 3 heteroatoms. The summed E-state index contributed by atoms with van der Waals surface area (Å²) in [6, 6.07) is 3.60. The number of fused-ring (bicyclic) bond motifs is 1. The molecule has 0 fully saturated rings. The lowest BCUT2D eigenvalue weighted by molar-refractivity contribution is 0.264. The lowest BCUT2D eigenvalue weighted by atomic mass is 9.97. The molecule has 0 saturated heterocycles. The van der Waals surface area contributed by atoms with Crippen LogP contribution >= 0.6 is 0 Å². The molecule has 1 aliphatic rings. The summed E-state index contributed by atoms with van der Waals surface area (Å²) in [6.07, 6.45) is 1.61. The first-order valence-electron chi connectivity index (χ1n) is 4.97. The molecule has 14 heavy (non-hydrogen) atoms. The Hall–Kier alpha value is -1.22. The van der Waals surface area contributed by atoms with Crippen molar-refractivity contribution in [2.45, 2.75) is 25.8 Å². The number of phenolic OH excluding ortho intramolecular Hbond substituents is 1. The maximum absolute atomic E-state index is 9.63. The quantitative estimate of drug-likeness (QED) is 0.714. The highest BCUT2D eigenvalue weighted by Crippen LogP contribution is 2.38. The molecule has 0 radical (unpaired) electrons. The smallest absolute Gasteiger partial charge is 0.130 e. The predicted molar refractivity (Wildman–Crippen MR) is 54.5 cm³/mol. The molecule has 1 heterocycles. The van der Waals surface area contributed by atoms with E-state index in [2.05, 4.69) is 0 Å². The molecule has 0 bridgehead atoms. The molecule has 0 saturated carbocycles. The van der Waals surface area contributed by atoms with E-state index in [-0.39, 0.29) is 6.04 Å². The number of phenols is 1. The fraction of sp³-hybridized carbons (Fsp3) is 0.455. The minimum absolute atomic E-state index is 0.0460. The van der Waals surface area contributed by atoms with Crippen LogP contribution in [0.25, 0.3) is 0 Å². The van der Waals surface area contributed by atoms with Crippen LogP contribution in [0.2, 0.25) is 0 Å². The number of nitrogens with two attached hydrogens (primary N) is 1. The summed E-state index contributed by atoms with van der Waals surface area (Å²) in [7, 11) is 0. The molecule has 1 aromatic carbocycles. The van der Waals surface area contributed by atoms with Gasteiger partial charge < -0.3 is 15.6 Å². The molecule has 0 aliphatic carbocycles. The Kier molecular flexibility index (Phi) is 2.33. The summed E-state index contributed by atoms with van der Waals surface area (Å²) in [6.45, 7) is 2.64. The first-order valence-corrected chi connectivity index (χ1v) is 4.97. The second-order valence-electron chi connectivity index (χ2n) is 3.58. The molecule has 76 valence electrons. The second kappa shape index (κ2) is 3.50. The average molecular weight is 193 g/mol. The lowest BCUT2D eigenvalue weighted by Gasteiger charge is -2.25. The summed E-state index contributed by atoms with van der Waals surface area (Å²) in [5.41, 5.74) is 7.85. The van der Waals surface area contributed by atoms with Gasteiger partial charge in [0.15, 0.2) is 0 Å². The van der Waals surface area contributed by atoms with Gasteiger partial charge in [-0.3, -0.25) is 0 Å². The number of benzene rings is 1. The van der Waals surface area contributed by atoms with Gasteiger partial charge in [0.25, 0.3) is 0 Å². The van der Waals surface area contributed by atoms with Crippen molar-refractivity contribution in [3.8, 4) is 11.5 Å². The zero-order valence-electron chi connectivity index (χ0n) is 8.29. The van der Waals surface area contributed by atoms with Crippen molar-refractivity contribution in [1.29, 1.82) is 0 Å². The molecule has 1 aromatic rings. The Labute approximate surface area is 83.5 Å². The molecular weight excluding hydrogens is 178 g/mol. The van der Waals surface area contributed by atoms with E-state index in [1.807, 2.05) is 13.0 Å². The van der Waals surface area contributed by atoms with Gasteiger partial charge in [-0.25, -0.2) is 0 Å². The van der Waals surface area contributed by atoms with E-state index in [0.29, 0.717) is 12.4 Å². The van der Waals surface area contributed by atoms with Crippen LogP contribution in [0, 0.1) is 0 Å². The molecule has 0 amide bonds. The molecule has 3 nitrogen and oxygen atoms in total. The van der Waals surface area contributed by atoms with E-state index in [0.717, 1.165) is 29.7 Å². The minimum atomic E-state index is 0.0460. The largest absolute Gasteiger partial charge is 0.508 e. The van der Waals surface area contributed by atoms with Crippen LogP contribution in [0.1, 0.15) is 30.5 Å². The zero-order valence-corrected chi connectivity index (χ0v) is 8.29. The fourth-order valence-corrected chi connectivity index (χ4v) is 1.88. The molecule has 0 unspecified atom stereocenters. The van der Waals surface area contributed by atoms with Crippen LogP contribution < -0.4 is 10.5 Å². The standard InChI is InChI=1S/C11H15NO2/c1-2-7-10(13)4-3-8-9(12)5-6-14-11(7)8/h3-4,9,13H,2,5-6,12H2,1H3/t9-/m0/s1. The van der Waals surface area contributed by atoms with Crippen LogP contribution in [0.4, 0.5) is 0 Å². The number of aromatic hydroxyl groups is 1. The van der Waals surface area contributed by atoms with Crippen molar-refractivity contribution in [3.05, 3.63) is 23.3 Å². The summed E-state index contributed by atoms with van der Waals surface area (Å²) < 4.78 is 5.56. The topological polar surface area (TPSA) is 55.5 Å². The molecule has 1 atom stereocenters. The van der Waals surface area contributed by atoms with E-state index >= 15 is 0 Å². The molecular formula is C11H15NO2. The summed E-state index contributed by atoms with van der Waals surface area (Å²) in [5, 5.41) is 9.63. The first kappa shape index (κ1) is 9.34. The Morgan fingerprint density at radius 3 is 3.07 bits per heavy atom. The van der Waals surface area contributed by atoms with Crippen LogP contribution in [-0.4, -0.2) is 11.7 Å². The molecule has 2 rings (SSSR count). The third kappa shape index (κ3) is 1.34. The highest BCUT2D eigenvalue weighted by Gasteiger charge is 2.21. The van der Waals surface area contributed by atoms with Crippen molar-refractivity contribution in [1.82, 2.24) is 0 Å². The normalized spacial score (nSPS) is 20.0. The maximum atomic E-state index is 9.63. The lowest BCUT2D eigenvalue weighted by Crippen LogP contribution is -2.21. The van der Waals surface area contributed by atoms with Crippen LogP contribution in [0.5, 0.6) is 11.5 Å². The first-order chi connectivity index (χ1) is 6.74. The van der Waals surface area contributed by atoms with E-state index in [1.54, 1.807) is 6.07 Å². The van der Waals surface area contributed by atoms with Gasteiger partial charge in [-0.1, -0.05) is 13.0 Å². The zero-order chi connectivity index (χ0) is 10.1. The number of ether oxygens (including phenoxy) is 1. The van der Waals surface area contributed by atoms with Gasteiger partial charge in [0.2, 0.25) is 0 Å². The van der Waals surface area contributed by atoms with E-state index in [9.17, 15) is 5.11 Å². The number of hydrogen-bond acceptors (Lipinski definition) is 3. The van der Waals surface area contributed by atoms with Gasteiger partial charge in [0, 0.05) is 23.6 Å². The monoisotopic (exact) mass is 193 g/mol. The minimum Gasteiger partial charge on any atom is -0.508 e. The van der Waals surface area contributed by atoms with E-state index < -0.39 is 0 Å². The number of rotatable bonds is 1. The predicted octanol–water partition coefficient (Wildman–Crippen LogP) is 1.74. The van der Waals surface area contributed by atoms with E-state index in [4.69, 9.17) is 10.5 Å². The van der Waals surface area contributed by atoms with Crippen molar-refractivity contribution in [3.63, 3.8) is 0 Å². The summed E-state index contributed by atoms with van der Waals surface area (Å²) in [4.78, 5) is 0. The molecule has 0 spiro atoms. The second-order valence-corrected chi connectivity index (χ2v) is 3.58. The maximum Gasteiger partial charge on any atom is 0.130 e. The summed E-state index contributed by atoms with van der Waals surface area (Å²) >= 11 is 0. The van der Waals surface area contributed by atoms with Gasteiger partial charge in [-0.15, -0.1) is 0 Å². The van der Waals surface area contributed by atoms with Gasteiger partial charge in [0.1, 0.15) is 11.5 Å². The molecule has 1 aliphatic heterocycles. The van der Waals surface area contributed by atoms with Crippen molar-refractivity contribution in [2.24, 2.45) is 5.73 Å². The van der Waals surface area contributed by atoms with Gasteiger partial charge in [0.05, 0.1) is 6.61 Å². The Bertz CT molecular complexity index is 349. The average Bonchev–Trinajstić information content (AvgIpc) is 2.18. The fourth-order valence-electron chi connectivity index (χ4n) is 1.88. The van der Waals surface area contributed by atoms with Gasteiger partial charge in [-0.2, -0.15) is 0 Å². The third-order valence-electron chi connectivity index (χ3n) is 2.69. The molecule has 3 N–H and O–H groups in total. The Morgan fingerprint density at radius 1 is 1.57 bits per heavy atom. The highest BCUT2D eigenvalue weighted by atomic mass is 16.5. The van der Waals surface area contributed by atoms with Crippen molar-refractivity contribution < 1.29 is 9.84 Å². The van der Waals surface area contributed by atoms with Gasteiger partial charge >= 0.3 is 0 Å². The van der Waals surface area contributed by atoms with Crippen LogP contribution in [-0.2, 0) is 6.42 Å². The molecule has 0 aromatic heterocycles. The van der Waals surface area contributed by atoms with Crippen molar-refractivity contribution >= 4 is 0 Å². The SMILES string of the molecule is CCc1c(O)ccc2c1OCC[C@@H]2N. The van der Waals surface area contributed by atoms with Crippen molar-refractivity contribution in [2.75, 3.05) is 6.61 Å². The Balaban J connectivity index is 2.55.